The van der Waals surface area contributed by atoms with Crippen LogP contribution in [-0.2, 0) is 23.3 Å². The Labute approximate surface area is 58.3 Å². The second-order valence-electron chi connectivity index (χ2n) is 0. The third-order valence-corrected chi connectivity index (χ3v) is 0. The van der Waals surface area contributed by atoms with Crippen molar-refractivity contribution in [1.29, 1.82) is 0 Å². The number of hydrogen-bond acceptors (Lipinski definition) is 1. The maximum atomic E-state index is 8.38. The van der Waals surface area contributed by atoms with Gasteiger partial charge >= 0.3 is 39.1 Å². The molecule has 0 aromatic rings. The van der Waals surface area contributed by atoms with Crippen molar-refractivity contribution in [3.63, 3.8) is 0 Å². The van der Waals surface area contributed by atoms with Crippen LogP contribution in [0.25, 0.3) is 0 Å². The van der Waals surface area contributed by atoms with Crippen molar-refractivity contribution < 1.29 is 23.3 Å². The average Bonchev–Trinajstić information content (AvgIpc) is 1.00. The van der Waals surface area contributed by atoms with Gasteiger partial charge in [0.05, 0.1) is 0 Å². The van der Waals surface area contributed by atoms with Crippen molar-refractivity contribution in [2.75, 3.05) is 0 Å². The van der Waals surface area contributed by atoms with Gasteiger partial charge in [0, 0.05) is 19.5 Å². The molecule has 4 heteroatoms. The van der Waals surface area contributed by atoms with Gasteiger partial charge in [-0.15, -0.1) is 0 Å². The van der Waals surface area contributed by atoms with E-state index in [1.54, 1.807) is 0 Å². The van der Waals surface area contributed by atoms with Crippen molar-refractivity contribution in [3.05, 3.63) is 0 Å². The Kier molecular flexibility index (Phi) is 104. The number of rotatable bonds is 0. The summed E-state index contributed by atoms with van der Waals surface area (Å²) in [6.07, 6.45) is 0. The van der Waals surface area contributed by atoms with Crippen molar-refractivity contribution in [2.24, 2.45) is 0 Å². The molecule has 0 aliphatic carbocycles. The van der Waals surface area contributed by atoms with Crippen LogP contribution in [0.3, 0.4) is 0 Å². The molecule has 0 fully saturated rings. The van der Waals surface area contributed by atoms with Gasteiger partial charge in [-0.2, -0.15) is 0 Å². The molecule has 0 N–H and O–H groups in total. The van der Waals surface area contributed by atoms with Gasteiger partial charge in [-0.1, -0.05) is 0 Å². The van der Waals surface area contributed by atoms with Gasteiger partial charge in [0.15, 0.2) is 0 Å². The van der Waals surface area contributed by atoms with Gasteiger partial charge < -0.3 is 0 Å². The first-order chi connectivity index (χ1) is 1.00. The molecular weight excluding hydrogens is 161 g/mol. The quantitative estimate of drug-likeness (QED) is 0.390. The SMILES string of the molecule is [LiH].[O]=[GeH2].[Zn]. The van der Waals surface area contributed by atoms with E-state index in [1.807, 2.05) is 0 Å². The zero-order valence-corrected chi connectivity index (χ0v) is 7.76. The second-order valence-corrected chi connectivity index (χ2v) is 0. The van der Waals surface area contributed by atoms with E-state index in [1.165, 1.54) is 0 Å². The maximum absolute atomic E-state index is 8.38. The van der Waals surface area contributed by atoms with E-state index in [2.05, 4.69) is 0 Å². The van der Waals surface area contributed by atoms with Gasteiger partial charge in [0.1, 0.15) is 0 Å². The summed E-state index contributed by atoms with van der Waals surface area (Å²) >= 11 is 0.125. The minimum Gasteiger partial charge on any atom is 0 e. The van der Waals surface area contributed by atoms with E-state index in [4.69, 9.17) is 3.78 Å². The first-order valence-electron chi connectivity index (χ1n) is 0.289. The van der Waals surface area contributed by atoms with Gasteiger partial charge in [0.25, 0.3) is 0 Å². The predicted molar refractivity (Wildman–Crippen MR) is 16.4 cm³/mol. The molecule has 4 heavy (non-hydrogen) atoms. The summed E-state index contributed by atoms with van der Waals surface area (Å²) in [6.45, 7) is 0. The zero-order chi connectivity index (χ0) is 2.00. The predicted octanol–water partition coefficient (Wildman–Crippen LogP) is -1.69. The maximum Gasteiger partial charge on any atom is 0 e. The Morgan fingerprint density at radius 1 is 1.25 bits per heavy atom. The van der Waals surface area contributed by atoms with Crippen LogP contribution in [0.15, 0.2) is 0 Å². The third kappa shape index (κ3) is 9.58. The van der Waals surface area contributed by atoms with E-state index in [-0.39, 0.29) is 54.8 Å². The molecule has 1 nitrogen and oxygen atoms in total. The van der Waals surface area contributed by atoms with Crippen LogP contribution in [-0.4, -0.2) is 35.3 Å². The molecule has 0 aromatic carbocycles. The van der Waals surface area contributed by atoms with Crippen molar-refractivity contribution >= 4 is 35.3 Å². The fourth-order valence-electron chi connectivity index (χ4n) is 0. The van der Waals surface area contributed by atoms with E-state index in [0.29, 0.717) is 0 Å². The summed E-state index contributed by atoms with van der Waals surface area (Å²) in [5, 5.41) is 0. The van der Waals surface area contributed by atoms with Crippen LogP contribution >= 0.6 is 0 Å². The topological polar surface area (TPSA) is 17.1 Å². The Hall–Kier alpha value is 1.56. The first-order valence-corrected chi connectivity index (χ1v) is 1.50. The summed E-state index contributed by atoms with van der Waals surface area (Å²) in [4.78, 5) is 0. The van der Waals surface area contributed by atoms with Crippen LogP contribution in [0.1, 0.15) is 0 Å². The molecule has 0 atom stereocenters. The molecule has 0 amide bonds. The van der Waals surface area contributed by atoms with E-state index >= 15 is 0 Å². The van der Waals surface area contributed by atoms with Crippen LogP contribution < -0.4 is 0 Å². The van der Waals surface area contributed by atoms with Gasteiger partial charge in [0.2, 0.25) is 0 Å². The van der Waals surface area contributed by atoms with Crippen molar-refractivity contribution in [2.45, 2.75) is 0 Å². The van der Waals surface area contributed by atoms with Gasteiger partial charge in [-0.05, 0) is 0 Å². The zero-order valence-electron chi connectivity index (χ0n) is 1.82. The molecule has 0 unspecified atom stereocenters. The van der Waals surface area contributed by atoms with E-state index < -0.39 is 0 Å². The largest absolute Gasteiger partial charge is 0 e. The Bertz CT molecular complexity index is 8.00. The molecule has 16 valence electrons. The normalized spacial score (nSPS) is 1.00. The molecule has 0 saturated heterocycles. The molecule has 0 aliphatic rings. The summed E-state index contributed by atoms with van der Waals surface area (Å²) in [6, 6.07) is 0. The minimum atomic E-state index is 0. The smallest absolute Gasteiger partial charge is 0 e. The van der Waals surface area contributed by atoms with Crippen molar-refractivity contribution in [1.82, 2.24) is 0 Å². The Morgan fingerprint density at radius 3 is 1.25 bits per heavy atom. The van der Waals surface area contributed by atoms with Gasteiger partial charge in [-0.3, -0.25) is 0 Å². The van der Waals surface area contributed by atoms with E-state index in [9.17, 15) is 0 Å². The molecular formula is H3GeLiOZn. The van der Waals surface area contributed by atoms with Crippen molar-refractivity contribution in [3.8, 4) is 0 Å². The van der Waals surface area contributed by atoms with Crippen LogP contribution in [0, 0.1) is 0 Å². The van der Waals surface area contributed by atoms with Crippen LogP contribution in [0.5, 0.6) is 0 Å². The molecule has 0 aromatic heterocycles. The standard InChI is InChI=1S/GeH2O.Li.Zn.H/c1-2;;;/h1H2;;;. The minimum absolute atomic E-state index is 0. The second kappa shape index (κ2) is 23.7. The summed E-state index contributed by atoms with van der Waals surface area (Å²) in [7, 11) is 0. The summed E-state index contributed by atoms with van der Waals surface area (Å²) in [5.41, 5.74) is 0. The Balaban J connectivity index is -0.00000000500. The summed E-state index contributed by atoms with van der Waals surface area (Å²) in [5.74, 6) is 0. The average molecular weight is 164 g/mol. The fourth-order valence-corrected chi connectivity index (χ4v) is 0. The molecule has 0 heterocycles. The molecule has 0 spiro atoms. The number of hydrogen-bond donors (Lipinski definition) is 0. The summed E-state index contributed by atoms with van der Waals surface area (Å²) < 4.78 is 8.38. The third-order valence-electron chi connectivity index (χ3n) is 0. The molecule has 0 rings (SSSR count). The molecule has 0 aliphatic heterocycles. The van der Waals surface area contributed by atoms with E-state index in [0.717, 1.165) is 0 Å². The first kappa shape index (κ1) is 17.6. The monoisotopic (exact) mass is 164 g/mol. The Morgan fingerprint density at radius 2 is 1.25 bits per heavy atom. The van der Waals surface area contributed by atoms with Crippen LogP contribution in [0.2, 0.25) is 0 Å². The molecule has 0 saturated carbocycles. The molecule has 0 bridgehead atoms. The van der Waals surface area contributed by atoms with Crippen LogP contribution in [0.4, 0.5) is 0 Å². The molecule has 0 radical (unpaired) electrons. The van der Waals surface area contributed by atoms with Gasteiger partial charge in [-0.25, -0.2) is 0 Å². The fraction of sp³-hybridized carbons (Fsp3) is 0.